The van der Waals surface area contributed by atoms with E-state index in [2.05, 4.69) is 15.8 Å². The van der Waals surface area contributed by atoms with Crippen LogP contribution in [0.15, 0.2) is 35.4 Å². The standard InChI is InChI=1S/C15H22N4OS/c1-4-12(10(2)14(16)20)13(18-19-15(21)17-3)11-8-6-5-7-9-11/h5-10,12H,4H2,1-3H3,(H2,16,20)(H2,17,19,21). The molecule has 6 heteroatoms. The first-order valence-electron chi connectivity index (χ1n) is 6.91. The van der Waals surface area contributed by atoms with Crippen molar-refractivity contribution in [1.29, 1.82) is 0 Å². The summed E-state index contributed by atoms with van der Waals surface area (Å²) >= 11 is 5.04. The molecule has 0 aliphatic rings. The summed E-state index contributed by atoms with van der Waals surface area (Å²) in [5.41, 5.74) is 9.98. The normalized spacial score (nSPS) is 14.1. The number of hydrogen-bond acceptors (Lipinski definition) is 3. The molecular formula is C15H22N4OS. The van der Waals surface area contributed by atoms with Gasteiger partial charge in [0.05, 0.1) is 5.71 Å². The molecule has 0 aliphatic heterocycles. The molecule has 1 aromatic rings. The zero-order valence-corrected chi connectivity index (χ0v) is 13.4. The number of primary amides is 1. The largest absolute Gasteiger partial charge is 0.369 e. The average Bonchev–Trinajstić information content (AvgIpc) is 2.51. The maximum atomic E-state index is 11.5. The van der Waals surface area contributed by atoms with Crippen LogP contribution in [0.25, 0.3) is 0 Å². The van der Waals surface area contributed by atoms with Crippen LogP contribution in [-0.2, 0) is 4.79 Å². The Morgan fingerprint density at radius 1 is 1.38 bits per heavy atom. The SMILES string of the molecule is CCC(C(=NNC(=S)NC)c1ccccc1)C(C)C(N)=O. The van der Waals surface area contributed by atoms with Gasteiger partial charge in [-0.1, -0.05) is 44.2 Å². The topological polar surface area (TPSA) is 79.5 Å². The van der Waals surface area contributed by atoms with E-state index in [0.29, 0.717) is 5.11 Å². The molecule has 0 saturated carbocycles. The molecule has 0 aliphatic carbocycles. The number of benzene rings is 1. The van der Waals surface area contributed by atoms with Gasteiger partial charge in [0.15, 0.2) is 5.11 Å². The van der Waals surface area contributed by atoms with Crippen molar-refractivity contribution in [2.45, 2.75) is 20.3 Å². The number of carbonyl (C=O) groups is 1. The summed E-state index contributed by atoms with van der Waals surface area (Å²) in [5.74, 6) is -0.711. The molecule has 0 bridgehead atoms. The van der Waals surface area contributed by atoms with Crippen molar-refractivity contribution < 1.29 is 4.79 Å². The Balaban J connectivity index is 3.17. The van der Waals surface area contributed by atoms with Gasteiger partial charge >= 0.3 is 0 Å². The third-order valence-electron chi connectivity index (χ3n) is 3.42. The zero-order valence-electron chi connectivity index (χ0n) is 12.6. The summed E-state index contributed by atoms with van der Waals surface area (Å²) in [6.07, 6.45) is 0.756. The number of hydrazone groups is 1. The van der Waals surface area contributed by atoms with E-state index < -0.39 is 0 Å². The van der Waals surface area contributed by atoms with E-state index in [-0.39, 0.29) is 17.7 Å². The molecule has 0 fully saturated rings. The molecule has 1 aromatic carbocycles. The number of nitrogens with zero attached hydrogens (tertiary/aromatic N) is 1. The van der Waals surface area contributed by atoms with Crippen molar-refractivity contribution in [3.63, 3.8) is 0 Å². The van der Waals surface area contributed by atoms with Crippen LogP contribution < -0.4 is 16.5 Å². The smallest absolute Gasteiger partial charge is 0.220 e. The molecule has 2 unspecified atom stereocenters. The maximum absolute atomic E-state index is 11.5. The van der Waals surface area contributed by atoms with E-state index >= 15 is 0 Å². The Bertz CT molecular complexity index is 516. The number of nitrogens with one attached hydrogen (secondary N) is 2. The van der Waals surface area contributed by atoms with Gasteiger partial charge in [-0.05, 0) is 24.2 Å². The predicted octanol–water partition coefficient (Wildman–Crippen LogP) is 1.63. The summed E-state index contributed by atoms with van der Waals surface area (Å²) in [6, 6.07) is 9.72. The summed E-state index contributed by atoms with van der Waals surface area (Å²) in [5, 5.41) is 7.62. The predicted molar refractivity (Wildman–Crippen MR) is 89.9 cm³/mol. The van der Waals surface area contributed by atoms with Gasteiger partial charge in [0, 0.05) is 18.9 Å². The Morgan fingerprint density at radius 3 is 2.48 bits per heavy atom. The van der Waals surface area contributed by atoms with E-state index in [1.165, 1.54) is 0 Å². The third kappa shape index (κ3) is 4.82. The van der Waals surface area contributed by atoms with E-state index in [1.54, 1.807) is 7.05 Å². The van der Waals surface area contributed by atoms with Crippen molar-refractivity contribution >= 4 is 28.9 Å². The summed E-state index contributed by atoms with van der Waals surface area (Å²) in [6.45, 7) is 3.84. The lowest BCUT2D eigenvalue weighted by molar-refractivity contribution is -0.122. The van der Waals surface area contributed by atoms with Gasteiger partial charge in [-0.25, -0.2) is 0 Å². The lowest BCUT2D eigenvalue weighted by Gasteiger charge is -2.22. The first-order chi connectivity index (χ1) is 10.0. The summed E-state index contributed by atoms with van der Waals surface area (Å²) < 4.78 is 0. The monoisotopic (exact) mass is 306 g/mol. The van der Waals surface area contributed by atoms with Crippen LogP contribution in [0.2, 0.25) is 0 Å². The number of amides is 1. The van der Waals surface area contributed by atoms with Crippen LogP contribution in [0.5, 0.6) is 0 Å². The minimum Gasteiger partial charge on any atom is -0.369 e. The lowest BCUT2D eigenvalue weighted by Crippen LogP contribution is -2.35. The zero-order chi connectivity index (χ0) is 15.8. The fourth-order valence-electron chi connectivity index (χ4n) is 2.12. The second kappa shape index (κ2) is 8.36. The molecule has 4 N–H and O–H groups in total. The molecule has 0 radical (unpaired) electrons. The van der Waals surface area contributed by atoms with Crippen molar-refractivity contribution in [3.8, 4) is 0 Å². The molecule has 1 amide bonds. The van der Waals surface area contributed by atoms with Crippen LogP contribution >= 0.6 is 12.2 Å². The first kappa shape index (κ1) is 17.1. The van der Waals surface area contributed by atoms with Crippen molar-refractivity contribution in [1.82, 2.24) is 10.7 Å². The van der Waals surface area contributed by atoms with Gasteiger partial charge in [-0.3, -0.25) is 10.2 Å². The van der Waals surface area contributed by atoms with Crippen LogP contribution in [0.1, 0.15) is 25.8 Å². The molecule has 0 saturated heterocycles. The number of nitrogens with two attached hydrogens (primary N) is 1. The van der Waals surface area contributed by atoms with Gasteiger partial charge < -0.3 is 11.1 Å². The van der Waals surface area contributed by atoms with Gasteiger partial charge in [0.25, 0.3) is 0 Å². The van der Waals surface area contributed by atoms with Crippen LogP contribution in [0.4, 0.5) is 0 Å². The van der Waals surface area contributed by atoms with E-state index in [1.807, 2.05) is 44.2 Å². The molecule has 0 heterocycles. The Labute approximate surface area is 131 Å². The Morgan fingerprint density at radius 2 is 2.00 bits per heavy atom. The molecule has 2 atom stereocenters. The number of carbonyl (C=O) groups excluding carboxylic acids is 1. The van der Waals surface area contributed by atoms with Crippen LogP contribution in [0.3, 0.4) is 0 Å². The number of rotatable bonds is 6. The Kier molecular flexibility index (Phi) is 6.81. The number of thiocarbonyl (C=S) groups is 1. The molecule has 0 spiro atoms. The molecular weight excluding hydrogens is 284 g/mol. The van der Waals surface area contributed by atoms with Crippen molar-refractivity contribution in [3.05, 3.63) is 35.9 Å². The molecule has 114 valence electrons. The highest BCUT2D eigenvalue weighted by molar-refractivity contribution is 7.80. The molecule has 0 aromatic heterocycles. The molecule has 5 nitrogen and oxygen atoms in total. The molecule has 1 rings (SSSR count). The van der Waals surface area contributed by atoms with Gasteiger partial charge in [0.1, 0.15) is 0 Å². The van der Waals surface area contributed by atoms with E-state index in [4.69, 9.17) is 18.0 Å². The summed E-state index contributed by atoms with van der Waals surface area (Å²) in [7, 11) is 1.72. The Hall–Kier alpha value is -1.95. The molecule has 21 heavy (non-hydrogen) atoms. The van der Waals surface area contributed by atoms with Gasteiger partial charge in [0.2, 0.25) is 5.91 Å². The first-order valence-corrected chi connectivity index (χ1v) is 7.32. The fraction of sp³-hybridized carbons (Fsp3) is 0.400. The quantitative estimate of drug-likeness (QED) is 0.424. The van der Waals surface area contributed by atoms with Crippen molar-refractivity contribution in [2.24, 2.45) is 22.7 Å². The number of hydrogen-bond donors (Lipinski definition) is 3. The third-order valence-corrected chi connectivity index (χ3v) is 3.71. The van der Waals surface area contributed by atoms with Crippen LogP contribution in [-0.4, -0.2) is 23.8 Å². The van der Waals surface area contributed by atoms with Crippen LogP contribution in [0, 0.1) is 11.8 Å². The summed E-state index contributed by atoms with van der Waals surface area (Å²) in [4.78, 5) is 11.5. The maximum Gasteiger partial charge on any atom is 0.220 e. The second-order valence-electron chi connectivity index (χ2n) is 4.76. The second-order valence-corrected chi connectivity index (χ2v) is 5.17. The van der Waals surface area contributed by atoms with Gasteiger partial charge in [-0.15, -0.1) is 0 Å². The van der Waals surface area contributed by atoms with Gasteiger partial charge in [-0.2, -0.15) is 5.10 Å². The minimum absolute atomic E-state index is 0.0722. The lowest BCUT2D eigenvalue weighted by atomic mass is 9.84. The highest BCUT2D eigenvalue weighted by Crippen LogP contribution is 2.21. The highest BCUT2D eigenvalue weighted by Gasteiger charge is 2.26. The highest BCUT2D eigenvalue weighted by atomic mass is 32.1. The fourth-order valence-corrected chi connectivity index (χ4v) is 2.16. The van der Waals surface area contributed by atoms with Crippen molar-refractivity contribution in [2.75, 3.05) is 7.05 Å². The van der Waals surface area contributed by atoms with E-state index in [0.717, 1.165) is 17.7 Å². The minimum atomic E-state index is -0.332. The van der Waals surface area contributed by atoms with E-state index in [9.17, 15) is 4.79 Å². The average molecular weight is 306 g/mol.